The van der Waals surface area contributed by atoms with Crippen LogP contribution in [0.5, 0.6) is 0 Å². The Morgan fingerprint density at radius 3 is 2.94 bits per heavy atom. The Morgan fingerprint density at radius 2 is 2.35 bits per heavy atom. The maximum absolute atomic E-state index is 12.6. The molecule has 0 saturated heterocycles. The molecule has 1 aliphatic rings. The average molecular weight is 237 g/mol. The van der Waals surface area contributed by atoms with Crippen LogP contribution in [0.3, 0.4) is 0 Å². The second-order valence-corrected chi connectivity index (χ2v) is 4.34. The summed E-state index contributed by atoms with van der Waals surface area (Å²) >= 11 is 0. The van der Waals surface area contributed by atoms with E-state index in [1.165, 1.54) is 31.2 Å². The van der Waals surface area contributed by atoms with Crippen molar-refractivity contribution >= 4 is 5.91 Å². The largest absolute Gasteiger partial charge is 0.351 e. The summed E-state index contributed by atoms with van der Waals surface area (Å²) in [5.74, 6) is -0.781. The highest BCUT2D eigenvalue weighted by atomic mass is 19.1. The number of hydrogen-bond acceptors (Lipinski definition) is 3. The normalized spacial score (nSPS) is 15.0. The molecule has 0 radical (unpaired) electrons. The molecule has 1 aromatic heterocycles. The summed E-state index contributed by atoms with van der Waals surface area (Å²) < 4.78 is 12.6. The molecule has 92 valence electrons. The van der Waals surface area contributed by atoms with E-state index in [1.807, 2.05) is 0 Å². The van der Waals surface area contributed by atoms with E-state index in [0.717, 1.165) is 6.54 Å². The van der Waals surface area contributed by atoms with Crippen molar-refractivity contribution in [3.63, 3.8) is 0 Å². The van der Waals surface area contributed by atoms with Gasteiger partial charge in [0.2, 0.25) is 5.95 Å². The molecule has 0 spiro atoms. The summed E-state index contributed by atoms with van der Waals surface area (Å²) in [6.07, 6.45) is 3.76. The molecule has 0 atom stereocenters. The molecule has 0 aromatic carbocycles. The van der Waals surface area contributed by atoms with E-state index in [0.29, 0.717) is 18.2 Å². The molecule has 2 rings (SSSR count). The van der Waals surface area contributed by atoms with Gasteiger partial charge in [-0.2, -0.15) is 4.39 Å². The standard InChI is InChI=1S/C12H16FN3O/c1-16(10-3-4-10)7-6-14-12(17)9-2-5-11(13)15-8-9/h2,5,8,10H,3-4,6-7H2,1H3,(H,14,17). The minimum atomic E-state index is -0.574. The molecule has 5 heteroatoms. The van der Waals surface area contributed by atoms with Crippen LogP contribution in [-0.4, -0.2) is 42.0 Å². The molecule has 0 unspecified atom stereocenters. The van der Waals surface area contributed by atoms with E-state index in [4.69, 9.17) is 0 Å². The highest BCUT2D eigenvalue weighted by molar-refractivity contribution is 5.93. The zero-order valence-electron chi connectivity index (χ0n) is 9.82. The fourth-order valence-corrected chi connectivity index (χ4v) is 1.66. The van der Waals surface area contributed by atoms with Crippen LogP contribution >= 0.6 is 0 Å². The summed E-state index contributed by atoms with van der Waals surface area (Å²) in [4.78, 5) is 17.3. The number of nitrogens with zero attached hydrogens (tertiary/aromatic N) is 2. The van der Waals surface area contributed by atoms with Crippen LogP contribution in [0.25, 0.3) is 0 Å². The highest BCUT2D eigenvalue weighted by Gasteiger charge is 2.25. The molecular formula is C12H16FN3O. The summed E-state index contributed by atoms with van der Waals surface area (Å²) in [7, 11) is 2.06. The van der Waals surface area contributed by atoms with Crippen molar-refractivity contribution in [3.8, 4) is 0 Å². The smallest absolute Gasteiger partial charge is 0.252 e. The van der Waals surface area contributed by atoms with Crippen LogP contribution in [0.4, 0.5) is 4.39 Å². The second-order valence-electron chi connectivity index (χ2n) is 4.34. The van der Waals surface area contributed by atoms with Crippen LogP contribution < -0.4 is 5.32 Å². The molecule has 0 bridgehead atoms. The van der Waals surface area contributed by atoms with E-state index in [9.17, 15) is 9.18 Å². The van der Waals surface area contributed by atoms with E-state index < -0.39 is 5.95 Å². The van der Waals surface area contributed by atoms with Crippen molar-refractivity contribution in [2.24, 2.45) is 0 Å². The predicted octanol–water partition coefficient (Wildman–Crippen LogP) is 1.04. The molecule has 1 aliphatic carbocycles. The van der Waals surface area contributed by atoms with E-state index >= 15 is 0 Å². The van der Waals surface area contributed by atoms with Crippen molar-refractivity contribution in [2.75, 3.05) is 20.1 Å². The number of likely N-dealkylation sites (N-methyl/N-ethyl adjacent to an activating group) is 1. The molecule has 0 aliphatic heterocycles. The number of halogens is 1. The van der Waals surface area contributed by atoms with Gasteiger partial charge < -0.3 is 10.2 Å². The van der Waals surface area contributed by atoms with Crippen LogP contribution in [0.2, 0.25) is 0 Å². The average Bonchev–Trinajstić information content (AvgIpc) is 3.13. The number of carbonyl (C=O) groups is 1. The third-order valence-corrected chi connectivity index (χ3v) is 2.91. The Hall–Kier alpha value is -1.49. The highest BCUT2D eigenvalue weighted by Crippen LogP contribution is 2.24. The second kappa shape index (κ2) is 5.23. The van der Waals surface area contributed by atoms with Crippen molar-refractivity contribution < 1.29 is 9.18 Å². The minimum absolute atomic E-state index is 0.207. The van der Waals surface area contributed by atoms with Crippen molar-refractivity contribution in [1.82, 2.24) is 15.2 Å². The van der Waals surface area contributed by atoms with Crippen molar-refractivity contribution in [2.45, 2.75) is 18.9 Å². The Labute approximate surface area is 99.8 Å². The van der Waals surface area contributed by atoms with Crippen molar-refractivity contribution in [3.05, 3.63) is 29.8 Å². The molecule has 4 nitrogen and oxygen atoms in total. The maximum atomic E-state index is 12.6. The van der Waals surface area contributed by atoms with Gasteiger partial charge in [-0.1, -0.05) is 0 Å². The first-order valence-corrected chi connectivity index (χ1v) is 5.77. The van der Waals surface area contributed by atoms with Crippen LogP contribution in [0.1, 0.15) is 23.2 Å². The van der Waals surface area contributed by atoms with Gasteiger partial charge in [-0.25, -0.2) is 4.98 Å². The van der Waals surface area contributed by atoms with E-state index in [2.05, 4.69) is 22.2 Å². The maximum Gasteiger partial charge on any atom is 0.252 e. The molecule has 17 heavy (non-hydrogen) atoms. The van der Waals surface area contributed by atoms with Gasteiger partial charge in [-0.15, -0.1) is 0 Å². The number of nitrogens with one attached hydrogen (secondary N) is 1. The van der Waals surface area contributed by atoms with Gasteiger partial charge in [0.05, 0.1) is 5.56 Å². The summed E-state index contributed by atoms with van der Waals surface area (Å²) in [6.45, 7) is 1.44. The first kappa shape index (κ1) is 12.0. The number of rotatable bonds is 5. The van der Waals surface area contributed by atoms with Gasteiger partial charge in [0, 0.05) is 25.3 Å². The number of carbonyl (C=O) groups excluding carboxylic acids is 1. The van der Waals surface area contributed by atoms with Crippen LogP contribution in [0.15, 0.2) is 18.3 Å². The molecule has 1 aromatic rings. The first-order chi connectivity index (χ1) is 8.16. The minimum Gasteiger partial charge on any atom is -0.351 e. The lowest BCUT2D eigenvalue weighted by Crippen LogP contribution is -2.34. The van der Waals surface area contributed by atoms with Crippen LogP contribution in [0, 0.1) is 5.95 Å². The summed E-state index contributed by atoms with van der Waals surface area (Å²) in [5, 5.41) is 2.79. The van der Waals surface area contributed by atoms with E-state index in [-0.39, 0.29) is 5.91 Å². The molecular weight excluding hydrogens is 221 g/mol. The molecule has 1 saturated carbocycles. The SMILES string of the molecule is CN(CCNC(=O)c1ccc(F)nc1)C1CC1. The van der Waals surface area contributed by atoms with Gasteiger partial charge >= 0.3 is 0 Å². The lowest BCUT2D eigenvalue weighted by atomic mass is 10.2. The van der Waals surface area contributed by atoms with Gasteiger partial charge in [0.15, 0.2) is 0 Å². The lowest BCUT2D eigenvalue weighted by molar-refractivity contribution is 0.0949. The number of pyridine rings is 1. The van der Waals surface area contributed by atoms with E-state index in [1.54, 1.807) is 0 Å². The van der Waals surface area contributed by atoms with Crippen LogP contribution in [-0.2, 0) is 0 Å². The monoisotopic (exact) mass is 237 g/mol. The van der Waals surface area contributed by atoms with Crippen molar-refractivity contribution in [1.29, 1.82) is 0 Å². The fraction of sp³-hybridized carbons (Fsp3) is 0.500. The number of amides is 1. The number of hydrogen-bond donors (Lipinski definition) is 1. The Bertz CT molecular complexity index is 389. The molecule has 1 N–H and O–H groups in total. The predicted molar refractivity (Wildman–Crippen MR) is 62.2 cm³/mol. The Kier molecular flexibility index (Phi) is 3.68. The fourth-order valence-electron chi connectivity index (χ4n) is 1.66. The molecule has 1 heterocycles. The summed E-state index contributed by atoms with van der Waals surface area (Å²) in [6, 6.07) is 3.31. The van der Waals surface area contributed by atoms with Gasteiger partial charge in [-0.3, -0.25) is 4.79 Å². The number of aromatic nitrogens is 1. The Balaban J connectivity index is 1.74. The third-order valence-electron chi connectivity index (χ3n) is 2.91. The first-order valence-electron chi connectivity index (χ1n) is 5.77. The molecule has 1 amide bonds. The topological polar surface area (TPSA) is 45.2 Å². The molecule has 1 fully saturated rings. The zero-order chi connectivity index (χ0) is 12.3. The zero-order valence-corrected chi connectivity index (χ0v) is 9.82. The summed E-state index contributed by atoms with van der Waals surface area (Å²) in [5.41, 5.74) is 0.389. The lowest BCUT2D eigenvalue weighted by Gasteiger charge is -2.15. The van der Waals surface area contributed by atoms with Gasteiger partial charge in [0.1, 0.15) is 0 Å². The Morgan fingerprint density at radius 1 is 1.59 bits per heavy atom. The van der Waals surface area contributed by atoms with Gasteiger partial charge in [0.25, 0.3) is 5.91 Å². The third kappa shape index (κ3) is 3.49. The van der Waals surface area contributed by atoms with Gasteiger partial charge in [-0.05, 0) is 32.0 Å². The quantitative estimate of drug-likeness (QED) is 0.778.